The number of ether oxygens (including phenoxy) is 1. The van der Waals surface area contributed by atoms with Gasteiger partial charge in [-0.05, 0) is 31.7 Å². The number of thiophene rings is 1. The minimum Gasteiger partial charge on any atom is -0.462 e. The largest absolute Gasteiger partial charge is 0.462 e. The average Bonchev–Trinajstić information content (AvgIpc) is 2.68. The Bertz CT molecular complexity index is 509. The molecule has 0 aromatic carbocycles. The molecule has 1 aliphatic carbocycles. The highest BCUT2D eigenvalue weighted by atomic mass is 32.1. The molecular formula is C13H17NO4S. The molecule has 1 aliphatic rings. The lowest BCUT2D eigenvalue weighted by Gasteiger charge is -2.17. The quantitative estimate of drug-likeness (QED) is 0.834. The summed E-state index contributed by atoms with van der Waals surface area (Å²) in [6.07, 6.45) is 1.70. The highest BCUT2D eigenvalue weighted by molar-refractivity contribution is 7.17. The van der Waals surface area contributed by atoms with Crippen LogP contribution in [0.1, 0.15) is 53.6 Å². The van der Waals surface area contributed by atoms with E-state index >= 15 is 0 Å². The first-order chi connectivity index (χ1) is 9.04. The van der Waals surface area contributed by atoms with E-state index in [1.807, 2.05) is 0 Å². The van der Waals surface area contributed by atoms with Gasteiger partial charge in [0.15, 0.2) is 0 Å². The molecule has 1 atom stereocenters. The molecule has 0 saturated carbocycles. The number of hydrogen-bond acceptors (Lipinski definition) is 5. The van der Waals surface area contributed by atoms with Gasteiger partial charge in [-0.2, -0.15) is 0 Å². The van der Waals surface area contributed by atoms with E-state index in [1.165, 1.54) is 18.3 Å². The van der Waals surface area contributed by atoms with Gasteiger partial charge in [-0.25, -0.2) is 4.79 Å². The smallest absolute Gasteiger partial charge is 0.341 e. The van der Waals surface area contributed by atoms with Crippen LogP contribution in [0.2, 0.25) is 0 Å². The van der Waals surface area contributed by atoms with Gasteiger partial charge in [0, 0.05) is 11.8 Å². The molecule has 0 saturated heterocycles. The summed E-state index contributed by atoms with van der Waals surface area (Å²) < 4.78 is 5.04. The van der Waals surface area contributed by atoms with Crippen LogP contribution in [0.3, 0.4) is 0 Å². The zero-order valence-corrected chi connectivity index (χ0v) is 11.8. The van der Waals surface area contributed by atoms with Gasteiger partial charge in [0.05, 0.1) is 18.3 Å². The van der Waals surface area contributed by atoms with Crippen molar-refractivity contribution < 1.29 is 19.4 Å². The van der Waals surface area contributed by atoms with Gasteiger partial charge in [0.2, 0.25) is 5.91 Å². The molecule has 0 aliphatic heterocycles. The van der Waals surface area contributed by atoms with Crippen molar-refractivity contribution >= 4 is 28.2 Å². The van der Waals surface area contributed by atoms with E-state index in [0.29, 0.717) is 17.0 Å². The Kier molecular flexibility index (Phi) is 4.21. The number of amides is 1. The number of nitrogens with one attached hydrogen (secondary N) is 1. The van der Waals surface area contributed by atoms with Crippen LogP contribution in [0.15, 0.2) is 0 Å². The van der Waals surface area contributed by atoms with Crippen molar-refractivity contribution in [3.05, 3.63) is 16.0 Å². The van der Waals surface area contributed by atoms with Gasteiger partial charge in [0.1, 0.15) is 5.00 Å². The topological polar surface area (TPSA) is 75.6 Å². The van der Waals surface area contributed by atoms with Gasteiger partial charge >= 0.3 is 5.97 Å². The number of rotatable bonds is 3. The summed E-state index contributed by atoms with van der Waals surface area (Å²) in [5.41, 5.74) is 1.24. The molecule has 5 nitrogen and oxygen atoms in total. The first-order valence-corrected chi connectivity index (χ1v) is 7.14. The van der Waals surface area contributed by atoms with Crippen LogP contribution in [0.25, 0.3) is 0 Å². The maximum absolute atomic E-state index is 12.0. The summed E-state index contributed by atoms with van der Waals surface area (Å²) in [7, 11) is 0. The molecule has 1 aromatic heterocycles. The number of esters is 1. The molecule has 0 radical (unpaired) electrons. The maximum atomic E-state index is 12.0. The third-order valence-electron chi connectivity index (χ3n) is 3.01. The van der Waals surface area contributed by atoms with Crippen molar-refractivity contribution in [1.29, 1.82) is 0 Å². The number of carbonyl (C=O) groups is 2. The third-order valence-corrected chi connectivity index (χ3v) is 4.26. The first-order valence-electron chi connectivity index (χ1n) is 6.33. The Morgan fingerprint density at radius 1 is 1.53 bits per heavy atom. The molecule has 19 heavy (non-hydrogen) atoms. The molecule has 1 unspecified atom stereocenters. The molecule has 1 heterocycles. The number of hydrogen-bond donors (Lipinski definition) is 2. The van der Waals surface area contributed by atoms with Crippen molar-refractivity contribution in [2.75, 3.05) is 11.9 Å². The zero-order chi connectivity index (χ0) is 14.0. The first kappa shape index (κ1) is 14.0. The predicted octanol–water partition coefficient (Wildman–Crippen LogP) is 2.25. The number of carbonyl (C=O) groups excluding carboxylic acids is 2. The molecule has 0 bridgehead atoms. The van der Waals surface area contributed by atoms with E-state index < -0.39 is 12.1 Å². The Labute approximate surface area is 115 Å². The van der Waals surface area contributed by atoms with Gasteiger partial charge in [-0.15, -0.1) is 11.3 Å². The Morgan fingerprint density at radius 3 is 2.89 bits per heavy atom. The van der Waals surface area contributed by atoms with Gasteiger partial charge in [-0.3, -0.25) is 4.79 Å². The van der Waals surface area contributed by atoms with Gasteiger partial charge < -0.3 is 15.2 Å². The fourth-order valence-electron chi connectivity index (χ4n) is 2.27. The number of anilines is 1. The third kappa shape index (κ3) is 2.79. The molecular weight excluding hydrogens is 266 g/mol. The second-order valence-electron chi connectivity index (χ2n) is 4.46. The molecule has 0 fully saturated rings. The van der Waals surface area contributed by atoms with Crippen molar-refractivity contribution in [1.82, 2.24) is 0 Å². The molecule has 0 spiro atoms. The average molecular weight is 283 g/mol. The SMILES string of the molecule is CCOC(=O)c1c(NC(C)=O)sc2c1CCCC2O. The van der Waals surface area contributed by atoms with Crippen LogP contribution in [-0.4, -0.2) is 23.6 Å². The molecule has 6 heteroatoms. The summed E-state index contributed by atoms with van der Waals surface area (Å²) in [6.45, 7) is 3.42. The molecule has 2 rings (SSSR count). The number of aliphatic hydroxyl groups is 1. The van der Waals surface area contributed by atoms with E-state index in [-0.39, 0.29) is 12.5 Å². The molecule has 2 N–H and O–H groups in total. The van der Waals surface area contributed by atoms with Crippen LogP contribution in [0.4, 0.5) is 5.00 Å². The standard InChI is InChI=1S/C13H17NO4S/c1-3-18-13(17)10-8-5-4-6-9(16)11(8)19-12(10)14-7(2)15/h9,16H,3-6H2,1-2H3,(H,14,15). The van der Waals surface area contributed by atoms with Crippen LogP contribution >= 0.6 is 11.3 Å². The predicted molar refractivity (Wildman–Crippen MR) is 72.5 cm³/mol. The fraction of sp³-hybridized carbons (Fsp3) is 0.538. The zero-order valence-electron chi connectivity index (χ0n) is 11.0. The maximum Gasteiger partial charge on any atom is 0.341 e. The number of aliphatic hydroxyl groups excluding tert-OH is 1. The van der Waals surface area contributed by atoms with Crippen molar-refractivity contribution in [2.45, 2.75) is 39.2 Å². The lowest BCUT2D eigenvalue weighted by atomic mass is 9.93. The Balaban J connectivity index is 2.47. The lowest BCUT2D eigenvalue weighted by molar-refractivity contribution is -0.114. The van der Waals surface area contributed by atoms with Gasteiger partial charge in [0.25, 0.3) is 0 Å². The Morgan fingerprint density at radius 2 is 2.26 bits per heavy atom. The van der Waals surface area contributed by atoms with E-state index in [9.17, 15) is 14.7 Å². The monoisotopic (exact) mass is 283 g/mol. The summed E-state index contributed by atoms with van der Waals surface area (Å²) in [6, 6.07) is 0. The minimum absolute atomic E-state index is 0.237. The second-order valence-corrected chi connectivity index (χ2v) is 5.51. The van der Waals surface area contributed by atoms with Crippen LogP contribution < -0.4 is 5.32 Å². The lowest BCUT2D eigenvalue weighted by Crippen LogP contribution is -2.14. The van der Waals surface area contributed by atoms with Gasteiger partial charge in [-0.1, -0.05) is 0 Å². The summed E-state index contributed by atoms with van der Waals surface area (Å²) in [4.78, 5) is 24.0. The van der Waals surface area contributed by atoms with E-state index in [1.54, 1.807) is 6.92 Å². The minimum atomic E-state index is -0.551. The number of fused-ring (bicyclic) bond motifs is 1. The molecule has 104 valence electrons. The Hall–Kier alpha value is -1.40. The van der Waals surface area contributed by atoms with E-state index in [4.69, 9.17) is 4.74 Å². The highest BCUT2D eigenvalue weighted by Gasteiger charge is 2.30. The van der Waals surface area contributed by atoms with Crippen LogP contribution in [-0.2, 0) is 16.0 Å². The van der Waals surface area contributed by atoms with Crippen LogP contribution in [0, 0.1) is 0 Å². The summed E-state index contributed by atoms with van der Waals surface area (Å²) in [5, 5.41) is 13.1. The van der Waals surface area contributed by atoms with Crippen LogP contribution in [0.5, 0.6) is 0 Å². The molecule has 1 amide bonds. The van der Waals surface area contributed by atoms with Crippen molar-refractivity contribution in [2.24, 2.45) is 0 Å². The van der Waals surface area contributed by atoms with E-state index in [2.05, 4.69) is 5.32 Å². The van der Waals surface area contributed by atoms with E-state index in [0.717, 1.165) is 23.3 Å². The summed E-state index contributed by atoms with van der Waals surface area (Å²) in [5.74, 6) is -0.670. The normalized spacial score (nSPS) is 17.7. The van der Waals surface area contributed by atoms with Crippen molar-refractivity contribution in [3.8, 4) is 0 Å². The summed E-state index contributed by atoms with van der Waals surface area (Å²) >= 11 is 1.27. The molecule has 1 aromatic rings. The van der Waals surface area contributed by atoms with Crippen molar-refractivity contribution in [3.63, 3.8) is 0 Å². The highest BCUT2D eigenvalue weighted by Crippen LogP contribution is 2.42. The fourth-order valence-corrected chi connectivity index (χ4v) is 3.57. The second kappa shape index (κ2) is 5.71.